The van der Waals surface area contributed by atoms with Crippen LogP contribution in [0.5, 0.6) is 0 Å². The summed E-state index contributed by atoms with van der Waals surface area (Å²) in [5.41, 5.74) is 0. The Hall–Kier alpha value is -1.41. The summed E-state index contributed by atoms with van der Waals surface area (Å²) in [7, 11) is 2.14. The van der Waals surface area contributed by atoms with Gasteiger partial charge in [-0.25, -0.2) is 18.4 Å². The highest BCUT2D eigenvalue weighted by atomic mass is 32.2. The lowest BCUT2D eigenvalue weighted by Gasteiger charge is -2.19. The molecule has 0 saturated heterocycles. The minimum absolute atomic E-state index is 0.0853. The number of sulfone groups is 1. The first kappa shape index (κ1) is 15.6. The SMILES string of the molecule is CNc1cc(N(C)CCS(C)(=O)=O)nc(COC)n1. The maximum Gasteiger partial charge on any atom is 0.158 e. The summed E-state index contributed by atoms with van der Waals surface area (Å²) in [4.78, 5) is 10.3. The molecule has 1 heterocycles. The zero-order valence-electron chi connectivity index (χ0n) is 11.7. The van der Waals surface area contributed by atoms with Crippen LogP contribution in [0, 0.1) is 0 Å². The zero-order valence-corrected chi connectivity index (χ0v) is 12.5. The first-order chi connectivity index (χ1) is 8.85. The molecule has 0 spiro atoms. The largest absolute Gasteiger partial charge is 0.377 e. The van der Waals surface area contributed by atoms with E-state index in [1.165, 1.54) is 6.26 Å². The van der Waals surface area contributed by atoms with Crippen LogP contribution in [-0.2, 0) is 21.2 Å². The molecule has 1 aromatic heterocycles. The molecule has 0 amide bonds. The molecule has 0 aliphatic carbocycles. The summed E-state index contributed by atoms with van der Waals surface area (Å²) in [6.45, 7) is 0.688. The van der Waals surface area contributed by atoms with Crippen molar-refractivity contribution in [1.29, 1.82) is 0 Å². The number of nitrogens with zero attached hydrogens (tertiary/aromatic N) is 3. The topological polar surface area (TPSA) is 84.4 Å². The normalized spacial score (nSPS) is 11.4. The van der Waals surface area contributed by atoms with Crippen molar-refractivity contribution in [3.8, 4) is 0 Å². The number of rotatable bonds is 7. The molecule has 0 atom stereocenters. The van der Waals surface area contributed by atoms with Crippen LogP contribution in [0.15, 0.2) is 6.07 Å². The van der Waals surface area contributed by atoms with Gasteiger partial charge in [-0.1, -0.05) is 0 Å². The molecule has 0 aromatic carbocycles. The summed E-state index contributed by atoms with van der Waals surface area (Å²) >= 11 is 0. The van der Waals surface area contributed by atoms with E-state index in [1.807, 2.05) is 0 Å². The van der Waals surface area contributed by atoms with E-state index in [0.717, 1.165) is 0 Å². The van der Waals surface area contributed by atoms with E-state index in [2.05, 4.69) is 15.3 Å². The minimum atomic E-state index is -2.99. The fraction of sp³-hybridized carbons (Fsp3) is 0.636. The van der Waals surface area contributed by atoms with Gasteiger partial charge in [-0.3, -0.25) is 0 Å². The van der Waals surface area contributed by atoms with Crippen molar-refractivity contribution in [3.63, 3.8) is 0 Å². The second kappa shape index (κ2) is 6.67. The molecule has 0 bridgehead atoms. The van der Waals surface area contributed by atoms with Crippen molar-refractivity contribution < 1.29 is 13.2 Å². The number of aromatic nitrogens is 2. The molecule has 1 aromatic rings. The van der Waals surface area contributed by atoms with Crippen LogP contribution in [0.1, 0.15) is 5.82 Å². The summed E-state index contributed by atoms with van der Waals surface area (Å²) in [5.74, 6) is 1.97. The number of hydrogen-bond acceptors (Lipinski definition) is 7. The molecule has 0 radical (unpaired) electrons. The maximum absolute atomic E-state index is 11.2. The first-order valence-corrected chi connectivity index (χ1v) is 7.85. The van der Waals surface area contributed by atoms with Crippen LogP contribution in [0.2, 0.25) is 0 Å². The lowest BCUT2D eigenvalue weighted by molar-refractivity contribution is 0.178. The molecule has 108 valence electrons. The highest BCUT2D eigenvalue weighted by Crippen LogP contribution is 2.15. The molecule has 0 unspecified atom stereocenters. The fourth-order valence-corrected chi connectivity index (χ4v) is 2.02. The van der Waals surface area contributed by atoms with E-state index in [1.54, 1.807) is 32.2 Å². The summed E-state index contributed by atoms with van der Waals surface area (Å²) in [5, 5.41) is 2.94. The summed E-state index contributed by atoms with van der Waals surface area (Å²) in [6.07, 6.45) is 1.22. The first-order valence-electron chi connectivity index (χ1n) is 5.79. The van der Waals surface area contributed by atoms with Gasteiger partial charge in [0.2, 0.25) is 0 Å². The van der Waals surface area contributed by atoms with Gasteiger partial charge in [-0.15, -0.1) is 0 Å². The molecule has 1 N–H and O–H groups in total. The van der Waals surface area contributed by atoms with Crippen molar-refractivity contribution >= 4 is 21.5 Å². The number of nitrogens with one attached hydrogen (secondary N) is 1. The lowest BCUT2D eigenvalue weighted by Crippen LogP contribution is -2.26. The van der Waals surface area contributed by atoms with Crippen molar-refractivity contribution in [1.82, 2.24) is 9.97 Å². The van der Waals surface area contributed by atoms with Crippen LogP contribution < -0.4 is 10.2 Å². The van der Waals surface area contributed by atoms with E-state index >= 15 is 0 Å². The van der Waals surface area contributed by atoms with Gasteiger partial charge in [-0.05, 0) is 0 Å². The van der Waals surface area contributed by atoms with Gasteiger partial charge in [0, 0.05) is 40.1 Å². The highest BCUT2D eigenvalue weighted by molar-refractivity contribution is 7.90. The Labute approximate surface area is 113 Å². The van der Waals surface area contributed by atoms with E-state index < -0.39 is 9.84 Å². The van der Waals surface area contributed by atoms with Crippen molar-refractivity contribution in [3.05, 3.63) is 11.9 Å². The number of anilines is 2. The Balaban J connectivity index is 2.88. The van der Waals surface area contributed by atoms with E-state index in [0.29, 0.717) is 30.6 Å². The fourth-order valence-electron chi connectivity index (χ4n) is 1.42. The monoisotopic (exact) mass is 288 g/mol. The van der Waals surface area contributed by atoms with E-state index in [4.69, 9.17) is 4.74 Å². The lowest BCUT2D eigenvalue weighted by atomic mass is 10.4. The van der Waals surface area contributed by atoms with Gasteiger partial charge < -0.3 is 15.0 Å². The van der Waals surface area contributed by atoms with Crippen LogP contribution in [-0.4, -0.2) is 58.1 Å². The molecular formula is C11H20N4O3S. The number of methoxy groups -OCH3 is 1. The third kappa shape index (κ3) is 5.39. The predicted molar refractivity (Wildman–Crippen MR) is 75.3 cm³/mol. The average Bonchev–Trinajstić information content (AvgIpc) is 2.35. The molecule has 1 rings (SSSR count). The molecule has 19 heavy (non-hydrogen) atoms. The average molecular weight is 288 g/mol. The Bertz CT molecular complexity index is 519. The molecule has 0 aliphatic heterocycles. The third-order valence-electron chi connectivity index (χ3n) is 2.48. The molecule has 0 aliphatic rings. The molecule has 0 fully saturated rings. The van der Waals surface area contributed by atoms with Crippen molar-refractivity contribution in [2.75, 3.05) is 50.0 Å². The maximum atomic E-state index is 11.2. The summed E-state index contributed by atoms with van der Waals surface area (Å²) < 4.78 is 27.3. The smallest absolute Gasteiger partial charge is 0.158 e. The second-order valence-electron chi connectivity index (χ2n) is 4.26. The standard InChI is InChI=1S/C11H20N4O3S/c1-12-9-7-11(14-10(13-9)8-18-3)15(2)5-6-19(4,16)17/h7H,5-6,8H2,1-4H3,(H,12,13,14). The van der Waals surface area contributed by atoms with Gasteiger partial charge in [0.05, 0.1) is 5.75 Å². The van der Waals surface area contributed by atoms with Crippen LogP contribution in [0.3, 0.4) is 0 Å². The Kier molecular flexibility index (Phi) is 5.49. The van der Waals surface area contributed by atoms with Crippen molar-refractivity contribution in [2.24, 2.45) is 0 Å². The Morgan fingerprint density at radius 3 is 2.63 bits per heavy atom. The highest BCUT2D eigenvalue weighted by Gasteiger charge is 2.10. The van der Waals surface area contributed by atoms with Gasteiger partial charge in [0.25, 0.3) is 0 Å². The predicted octanol–water partition coefficient (Wildman–Crippen LogP) is 0.146. The Morgan fingerprint density at radius 1 is 1.42 bits per heavy atom. The van der Waals surface area contributed by atoms with Gasteiger partial charge in [-0.2, -0.15) is 0 Å². The molecule has 0 saturated carbocycles. The van der Waals surface area contributed by atoms with E-state index in [9.17, 15) is 8.42 Å². The molecule has 7 nitrogen and oxygen atoms in total. The molecule has 8 heteroatoms. The van der Waals surface area contributed by atoms with Gasteiger partial charge >= 0.3 is 0 Å². The van der Waals surface area contributed by atoms with E-state index in [-0.39, 0.29) is 5.75 Å². The van der Waals surface area contributed by atoms with Gasteiger partial charge in [0.15, 0.2) is 5.82 Å². The van der Waals surface area contributed by atoms with Gasteiger partial charge in [0.1, 0.15) is 28.1 Å². The van der Waals surface area contributed by atoms with Crippen LogP contribution >= 0.6 is 0 Å². The van der Waals surface area contributed by atoms with Crippen LogP contribution in [0.25, 0.3) is 0 Å². The number of ether oxygens (including phenoxy) is 1. The minimum Gasteiger partial charge on any atom is -0.377 e. The Morgan fingerprint density at radius 2 is 2.11 bits per heavy atom. The quantitative estimate of drug-likeness (QED) is 0.764. The number of hydrogen-bond donors (Lipinski definition) is 1. The van der Waals surface area contributed by atoms with Crippen LogP contribution in [0.4, 0.5) is 11.6 Å². The van der Waals surface area contributed by atoms with Crippen molar-refractivity contribution in [2.45, 2.75) is 6.61 Å². The second-order valence-corrected chi connectivity index (χ2v) is 6.52. The zero-order chi connectivity index (χ0) is 14.5. The summed E-state index contributed by atoms with van der Waals surface area (Å²) in [6, 6.07) is 1.77. The third-order valence-corrected chi connectivity index (χ3v) is 3.40. The molecular weight excluding hydrogens is 268 g/mol.